The lowest BCUT2D eigenvalue weighted by Gasteiger charge is -2.17. The van der Waals surface area contributed by atoms with E-state index in [-0.39, 0.29) is 19.1 Å². The molecule has 1 amide bonds. The van der Waals surface area contributed by atoms with Gasteiger partial charge >= 0.3 is 5.69 Å². The fourth-order valence-electron chi connectivity index (χ4n) is 1.82. The third-order valence-corrected chi connectivity index (χ3v) is 2.82. The third-order valence-electron chi connectivity index (χ3n) is 2.82. The summed E-state index contributed by atoms with van der Waals surface area (Å²) in [5, 5.41) is 12.0. The molecule has 0 saturated carbocycles. The molecular weight excluding hydrogens is 258 g/mol. The molecule has 0 saturated heterocycles. The Morgan fingerprint density at radius 3 is 2.70 bits per heavy atom. The first-order valence-corrected chi connectivity index (χ1v) is 6.17. The molecule has 0 aliphatic carbocycles. The van der Waals surface area contributed by atoms with E-state index in [9.17, 15) is 14.7 Å². The van der Waals surface area contributed by atoms with Gasteiger partial charge < -0.3 is 10.4 Å². The molecule has 2 rings (SSSR count). The van der Waals surface area contributed by atoms with Gasteiger partial charge in [0, 0.05) is 12.4 Å². The smallest absolute Gasteiger partial charge is 0.347 e. The molecule has 0 fully saturated rings. The summed E-state index contributed by atoms with van der Waals surface area (Å²) < 4.78 is 1.20. The van der Waals surface area contributed by atoms with Crippen LogP contribution in [-0.2, 0) is 11.3 Å². The van der Waals surface area contributed by atoms with E-state index in [0.717, 1.165) is 5.56 Å². The maximum atomic E-state index is 11.9. The number of aromatic nitrogens is 2. The number of aliphatic hydroxyl groups is 1. The van der Waals surface area contributed by atoms with Crippen molar-refractivity contribution >= 4 is 5.91 Å². The van der Waals surface area contributed by atoms with Gasteiger partial charge in [-0.15, -0.1) is 0 Å². The average Bonchev–Trinajstić information content (AvgIpc) is 2.48. The summed E-state index contributed by atoms with van der Waals surface area (Å²) >= 11 is 0. The normalized spacial score (nSPS) is 11.8. The van der Waals surface area contributed by atoms with Crippen LogP contribution in [0.15, 0.2) is 53.6 Å². The molecule has 0 aliphatic heterocycles. The number of carbonyl (C=O) groups excluding carboxylic acids is 1. The van der Waals surface area contributed by atoms with Crippen LogP contribution in [0.5, 0.6) is 0 Å². The van der Waals surface area contributed by atoms with E-state index in [1.54, 1.807) is 6.07 Å². The first-order valence-electron chi connectivity index (χ1n) is 6.17. The summed E-state index contributed by atoms with van der Waals surface area (Å²) in [6.45, 7) is -0.340. The molecule has 0 radical (unpaired) electrons. The largest absolute Gasteiger partial charge is 0.394 e. The van der Waals surface area contributed by atoms with Crippen molar-refractivity contribution in [1.29, 1.82) is 0 Å². The predicted molar refractivity (Wildman–Crippen MR) is 72.9 cm³/mol. The van der Waals surface area contributed by atoms with Crippen LogP contribution in [0.25, 0.3) is 0 Å². The van der Waals surface area contributed by atoms with Gasteiger partial charge in [0.15, 0.2) is 0 Å². The maximum absolute atomic E-state index is 11.9. The van der Waals surface area contributed by atoms with Crippen LogP contribution in [0.2, 0.25) is 0 Å². The van der Waals surface area contributed by atoms with Gasteiger partial charge in [0.2, 0.25) is 5.91 Å². The van der Waals surface area contributed by atoms with Gasteiger partial charge in [0.25, 0.3) is 0 Å². The van der Waals surface area contributed by atoms with Gasteiger partial charge in [0.05, 0.1) is 12.6 Å². The van der Waals surface area contributed by atoms with E-state index in [0.29, 0.717) is 0 Å². The van der Waals surface area contributed by atoms with Crippen LogP contribution in [0.1, 0.15) is 11.6 Å². The van der Waals surface area contributed by atoms with Gasteiger partial charge in [0.1, 0.15) is 6.54 Å². The summed E-state index contributed by atoms with van der Waals surface area (Å²) in [5.74, 6) is -0.358. The average molecular weight is 273 g/mol. The fraction of sp³-hybridized carbons (Fsp3) is 0.214. The zero-order valence-corrected chi connectivity index (χ0v) is 10.8. The lowest BCUT2D eigenvalue weighted by atomic mass is 10.1. The summed E-state index contributed by atoms with van der Waals surface area (Å²) in [6.07, 6.45) is 2.86. The Kier molecular flexibility index (Phi) is 4.62. The highest BCUT2D eigenvalue weighted by molar-refractivity contribution is 5.76. The highest BCUT2D eigenvalue weighted by Crippen LogP contribution is 2.11. The molecule has 6 heteroatoms. The van der Waals surface area contributed by atoms with Crippen molar-refractivity contribution in [2.75, 3.05) is 6.61 Å². The molecule has 2 N–H and O–H groups in total. The van der Waals surface area contributed by atoms with Crippen molar-refractivity contribution < 1.29 is 9.90 Å². The van der Waals surface area contributed by atoms with Crippen molar-refractivity contribution in [2.24, 2.45) is 0 Å². The van der Waals surface area contributed by atoms with Crippen LogP contribution >= 0.6 is 0 Å². The first-order chi connectivity index (χ1) is 9.70. The molecule has 0 bridgehead atoms. The predicted octanol–water partition coefficient (Wildman–Crippen LogP) is 0.0931. The van der Waals surface area contributed by atoms with Crippen LogP contribution in [0, 0.1) is 0 Å². The number of rotatable bonds is 5. The lowest BCUT2D eigenvalue weighted by molar-refractivity contribution is -0.122. The van der Waals surface area contributed by atoms with E-state index in [4.69, 9.17) is 0 Å². The number of nitrogens with one attached hydrogen (secondary N) is 1. The molecule has 104 valence electrons. The minimum absolute atomic E-state index is 0.129. The highest BCUT2D eigenvalue weighted by Gasteiger charge is 2.13. The van der Waals surface area contributed by atoms with Crippen LogP contribution in [-0.4, -0.2) is 27.2 Å². The molecule has 2 aromatic rings. The molecule has 1 aromatic heterocycles. The molecule has 1 heterocycles. The van der Waals surface area contributed by atoms with Crippen molar-refractivity contribution in [2.45, 2.75) is 12.6 Å². The minimum atomic E-state index is -0.490. The second-order valence-electron chi connectivity index (χ2n) is 4.24. The van der Waals surface area contributed by atoms with Gasteiger partial charge in [-0.25, -0.2) is 9.78 Å². The monoisotopic (exact) mass is 273 g/mol. The zero-order valence-electron chi connectivity index (χ0n) is 10.8. The Hall–Kier alpha value is -2.47. The Morgan fingerprint density at radius 2 is 2.05 bits per heavy atom. The number of hydrogen-bond acceptors (Lipinski definition) is 4. The van der Waals surface area contributed by atoms with Crippen LogP contribution in [0.3, 0.4) is 0 Å². The van der Waals surface area contributed by atoms with Crippen LogP contribution in [0.4, 0.5) is 0 Å². The van der Waals surface area contributed by atoms with Crippen molar-refractivity contribution in [3.63, 3.8) is 0 Å². The second kappa shape index (κ2) is 6.63. The Balaban J connectivity index is 2.04. The number of benzene rings is 1. The van der Waals surface area contributed by atoms with E-state index in [2.05, 4.69) is 10.3 Å². The van der Waals surface area contributed by atoms with Gasteiger partial charge in [-0.3, -0.25) is 9.36 Å². The highest BCUT2D eigenvalue weighted by atomic mass is 16.3. The van der Waals surface area contributed by atoms with E-state index >= 15 is 0 Å². The first kappa shape index (κ1) is 14.0. The third kappa shape index (κ3) is 3.52. The Morgan fingerprint density at radius 1 is 1.30 bits per heavy atom. The molecule has 6 nitrogen and oxygen atoms in total. The summed E-state index contributed by atoms with van der Waals surface area (Å²) in [5.41, 5.74) is 0.324. The maximum Gasteiger partial charge on any atom is 0.347 e. The molecule has 0 aliphatic rings. The molecule has 0 spiro atoms. The van der Waals surface area contributed by atoms with Gasteiger partial charge in [-0.05, 0) is 11.6 Å². The summed E-state index contributed by atoms with van der Waals surface area (Å²) in [4.78, 5) is 26.9. The summed E-state index contributed by atoms with van der Waals surface area (Å²) in [6, 6.07) is 10.2. The van der Waals surface area contributed by atoms with Crippen molar-refractivity contribution in [3.05, 3.63) is 64.8 Å². The lowest BCUT2D eigenvalue weighted by Crippen LogP contribution is -2.36. The molecule has 0 unspecified atom stereocenters. The number of hydrogen-bond donors (Lipinski definition) is 2. The topological polar surface area (TPSA) is 84.2 Å². The van der Waals surface area contributed by atoms with Crippen molar-refractivity contribution in [3.8, 4) is 0 Å². The zero-order chi connectivity index (χ0) is 14.4. The molecule has 20 heavy (non-hydrogen) atoms. The second-order valence-corrected chi connectivity index (χ2v) is 4.24. The SMILES string of the molecule is O=C(Cn1cccnc1=O)N[C@H](CO)c1ccccc1. The van der Waals surface area contributed by atoms with E-state index in [1.165, 1.54) is 17.0 Å². The van der Waals surface area contributed by atoms with Gasteiger partial charge in [-0.1, -0.05) is 30.3 Å². The molecule has 1 aromatic carbocycles. The van der Waals surface area contributed by atoms with E-state index in [1.807, 2.05) is 30.3 Å². The molecule has 1 atom stereocenters. The Bertz CT molecular complexity index is 625. The van der Waals surface area contributed by atoms with Gasteiger partial charge in [-0.2, -0.15) is 0 Å². The standard InChI is InChI=1S/C14H15N3O3/c18-10-12(11-5-2-1-3-6-11)16-13(19)9-17-8-4-7-15-14(17)20/h1-8,12,18H,9-10H2,(H,16,19)/t12-/m1/s1. The van der Waals surface area contributed by atoms with E-state index < -0.39 is 11.7 Å². The quantitative estimate of drug-likeness (QED) is 0.809. The number of nitrogens with zero attached hydrogens (tertiary/aromatic N) is 2. The minimum Gasteiger partial charge on any atom is -0.394 e. The van der Waals surface area contributed by atoms with Crippen LogP contribution < -0.4 is 11.0 Å². The summed E-state index contributed by atoms with van der Waals surface area (Å²) in [7, 11) is 0. The molecular formula is C14H15N3O3. The van der Waals surface area contributed by atoms with Crippen molar-refractivity contribution in [1.82, 2.24) is 14.9 Å². The number of aliphatic hydroxyl groups excluding tert-OH is 1. The Labute approximate surface area is 115 Å². The fourth-order valence-corrected chi connectivity index (χ4v) is 1.82. The number of amides is 1. The number of carbonyl (C=O) groups is 1.